The van der Waals surface area contributed by atoms with Gasteiger partial charge in [-0.15, -0.1) is 0 Å². The molecule has 0 fully saturated rings. The van der Waals surface area contributed by atoms with Crippen molar-refractivity contribution in [3.8, 4) is 11.5 Å². The first kappa shape index (κ1) is 17.4. The Morgan fingerprint density at radius 3 is 1.30 bits per heavy atom. The van der Waals surface area contributed by atoms with Gasteiger partial charge in [0.15, 0.2) is 0 Å². The zero-order valence-electron chi connectivity index (χ0n) is 15.0. The number of sulfone groups is 1. The number of hydrogen-bond donors (Lipinski definition) is 0. The first-order valence-electron chi connectivity index (χ1n) is 8.44. The lowest BCUT2D eigenvalue weighted by molar-refractivity contribution is 0.419. The first-order valence-corrected chi connectivity index (χ1v) is 9.93. The number of rotatable bonds is 4. The topological polar surface area (TPSA) is 52.6 Å². The largest absolute Gasteiger partial charge is 0.496 e. The van der Waals surface area contributed by atoms with Crippen LogP contribution in [0.5, 0.6) is 11.5 Å². The van der Waals surface area contributed by atoms with Gasteiger partial charge in [-0.05, 0) is 24.3 Å². The lowest BCUT2D eigenvalue weighted by atomic mass is 10.1. The third-order valence-corrected chi connectivity index (χ3v) is 6.58. The Bertz CT molecular complexity index is 1170. The molecule has 0 aliphatic carbocycles. The van der Waals surface area contributed by atoms with Crippen molar-refractivity contribution in [2.75, 3.05) is 14.2 Å². The van der Waals surface area contributed by atoms with Crippen LogP contribution in [0.1, 0.15) is 0 Å². The highest BCUT2D eigenvalue weighted by Gasteiger charge is 2.24. The Hall–Kier alpha value is -3.05. The van der Waals surface area contributed by atoms with Crippen molar-refractivity contribution < 1.29 is 17.9 Å². The van der Waals surface area contributed by atoms with Crippen molar-refractivity contribution >= 4 is 31.4 Å². The van der Waals surface area contributed by atoms with Crippen LogP contribution in [-0.2, 0) is 9.84 Å². The molecular formula is C22H18O4S. The molecule has 0 amide bonds. The predicted octanol–water partition coefficient (Wildman–Crippen LogP) is 4.84. The Balaban J connectivity index is 2.04. The number of fused-ring (bicyclic) bond motifs is 2. The normalized spacial score (nSPS) is 11.6. The minimum atomic E-state index is -3.75. The van der Waals surface area contributed by atoms with Crippen molar-refractivity contribution in [2.24, 2.45) is 0 Å². The molecule has 0 unspecified atom stereocenters. The first-order chi connectivity index (χ1) is 13.1. The molecule has 0 N–H and O–H groups in total. The monoisotopic (exact) mass is 378 g/mol. The smallest absolute Gasteiger partial charge is 0.207 e. The highest BCUT2D eigenvalue weighted by Crippen LogP contribution is 2.37. The average Bonchev–Trinajstić information content (AvgIpc) is 2.71. The van der Waals surface area contributed by atoms with Crippen LogP contribution in [-0.4, -0.2) is 22.6 Å². The van der Waals surface area contributed by atoms with E-state index < -0.39 is 9.84 Å². The van der Waals surface area contributed by atoms with Gasteiger partial charge in [-0.25, -0.2) is 8.42 Å². The van der Waals surface area contributed by atoms with E-state index in [0.717, 1.165) is 10.8 Å². The van der Waals surface area contributed by atoms with Gasteiger partial charge >= 0.3 is 0 Å². The SMILES string of the molecule is COc1ccc(S(=O)(=O)c2ccc(OC)c3ccccc23)c2ccccc12. The summed E-state index contributed by atoms with van der Waals surface area (Å²) in [5, 5.41) is 2.80. The molecule has 4 aromatic rings. The standard InChI is InChI=1S/C22H18O4S/c1-25-19-11-13-21(17-9-5-3-7-15(17)19)27(23,24)22-14-12-20(26-2)16-8-4-6-10-18(16)22/h3-14H,1-2H3. The Kier molecular flexibility index (Phi) is 4.24. The van der Waals surface area contributed by atoms with Gasteiger partial charge in [0, 0.05) is 21.5 Å². The van der Waals surface area contributed by atoms with Crippen LogP contribution in [0.15, 0.2) is 82.6 Å². The third-order valence-electron chi connectivity index (χ3n) is 4.71. The molecule has 0 spiro atoms. The minimum Gasteiger partial charge on any atom is -0.496 e. The molecule has 4 nitrogen and oxygen atoms in total. The van der Waals surface area contributed by atoms with Crippen LogP contribution in [0, 0.1) is 0 Å². The quantitative estimate of drug-likeness (QED) is 0.510. The van der Waals surface area contributed by atoms with Gasteiger partial charge in [-0.3, -0.25) is 0 Å². The van der Waals surface area contributed by atoms with Crippen LogP contribution < -0.4 is 9.47 Å². The van der Waals surface area contributed by atoms with Crippen molar-refractivity contribution in [3.05, 3.63) is 72.8 Å². The van der Waals surface area contributed by atoms with Crippen molar-refractivity contribution in [2.45, 2.75) is 9.79 Å². The maximum atomic E-state index is 13.6. The van der Waals surface area contributed by atoms with E-state index in [1.165, 1.54) is 0 Å². The average molecular weight is 378 g/mol. The predicted molar refractivity (Wildman–Crippen MR) is 106 cm³/mol. The molecule has 0 heterocycles. The van der Waals surface area contributed by atoms with Gasteiger partial charge in [0.05, 0.1) is 24.0 Å². The van der Waals surface area contributed by atoms with E-state index >= 15 is 0 Å². The zero-order chi connectivity index (χ0) is 19.0. The molecule has 4 rings (SSSR count). The molecule has 0 saturated carbocycles. The summed E-state index contributed by atoms with van der Waals surface area (Å²) in [6, 6.07) is 21.3. The molecule has 4 aromatic carbocycles. The van der Waals surface area contributed by atoms with Gasteiger partial charge in [-0.2, -0.15) is 0 Å². The fourth-order valence-corrected chi connectivity index (χ4v) is 5.10. The van der Waals surface area contributed by atoms with E-state index in [1.807, 2.05) is 36.4 Å². The molecule has 0 saturated heterocycles. The maximum absolute atomic E-state index is 13.6. The highest BCUT2D eigenvalue weighted by atomic mass is 32.2. The second kappa shape index (κ2) is 6.59. The fraction of sp³-hybridized carbons (Fsp3) is 0.0909. The van der Waals surface area contributed by atoms with E-state index in [-0.39, 0.29) is 9.79 Å². The molecule has 0 atom stereocenters. The zero-order valence-corrected chi connectivity index (χ0v) is 15.8. The summed E-state index contributed by atoms with van der Waals surface area (Å²) < 4.78 is 37.9. The number of benzene rings is 4. The van der Waals surface area contributed by atoms with Gasteiger partial charge in [-0.1, -0.05) is 48.5 Å². The summed E-state index contributed by atoms with van der Waals surface area (Å²) in [4.78, 5) is 0.517. The molecule has 0 aromatic heterocycles. The molecule has 27 heavy (non-hydrogen) atoms. The maximum Gasteiger partial charge on any atom is 0.207 e. The summed E-state index contributed by atoms with van der Waals surface area (Å²) in [7, 11) is -0.601. The third kappa shape index (κ3) is 2.71. The fourth-order valence-electron chi connectivity index (χ4n) is 3.43. The van der Waals surface area contributed by atoms with E-state index in [0.29, 0.717) is 22.3 Å². The lowest BCUT2D eigenvalue weighted by Gasteiger charge is -2.14. The Morgan fingerprint density at radius 1 is 0.556 bits per heavy atom. The van der Waals surface area contributed by atoms with Gasteiger partial charge < -0.3 is 9.47 Å². The summed E-state index contributed by atoms with van der Waals surface area (Å²) in [5.41, 5.74) is 0. The second-order valence-corrected chi connectivity index (χ2v) is 8.01. The van der Waals surface area contributed by atoms with E-state index in [1.54, 1.807) is 50.6 Å². The Morgan fingerprint density at radius 2 is 0.926 bits per heavy atom. The van der Waals surface area contributed by atoms with Crippen molar-refractivity contribution in [3.63, 3.8) is 0 Å². The van der Waals surface area contributed by atoms with E-state index in [4.69, 9.17) is 9.47 Å². The molecule has 0 aliphatic rings. The minimum absolute atomic E-state index is 0.259. The number of hydrogen-bond acceptors (Lipinski definition) is 4. The van der Waals surface area contributed by atoms with E-state index in [2.05, 4.69) is 0 Å². The van der Waals surface area contributed by atoms with Crippen LogP contribution >= 0.6 is 0 Å². The van der Waals surface area contributed by atoms with Crippen molar-refractivity contribution in [1.29, 1.82) is 0 Å². The molecular weight excluding hydrogens is 360 g/mol. The molecule has 5 heteroatoms. The molecule has 0 aliphatic heterocycles. The molecule has 136 valence electrons. The summed E-state index contributed by atoms with van der Waals surface area (Å²) in [6.07, 6.45) is 0. The molecule has 0 bridgehead atoms. The van der Waals surface area contributed by atoms with Crippen LogP contribution in [0.2, 0.25) is 0 Å². The van der Waals surface area contributed by atoms with Crippen LogP contribution in [0.25, 0.3) is 21.5 Å². The number of methoxy groups -OCH3 is 2. The highest BCUT2D eigenvalue weighted by molar-refractivity contribution is 7.92. The van der Waals surface area contributed by atoms with E-state index in [9.17, 15) is 8.42 Å². The van der Waals surface area contributed by atoms with Gasteiger partial charge in [0.25, 0.3) is 0 Å². The lowest BCUT2D eigenvalue weighted by Crippen LogP contribution is -2.04. The van der Waals surface area contributed by atoms with Crippen LogP contribution in [0.3, 0.4) is 0 Å². The van der Waals surface area contributed by atoms with Gasteiger partial charge in [0.2, 0.25) is 9.84 Å². The second-order valence-electron chi connectivity index (χ2n) is 6.13. The summed E-state index contributed by atoms with van der Waals surface area (Å²) in [6.45, 7) is 0. The van der Waals surface area contributed by atoms with Gasteiger partial charge in [0.1, 0.15) is 11.5 Å². The molecule has 0 radical (unpaired) electrons. The van der Waals surface area contributed by atoms with Crippen molar-refractivity contribution in [1.82, 2.24) is 0 Å². The summed E-state index contributed by atoms with van der Waals surface area (Å²) in [5.74, 6) is 1.29. The van der Waals surface area contributed by atoms with Crippen LogP contribution in [0.4, 0.5) is 0 Å². The Labute approximate surface area is 157 Å². The summed E-state index contributed by atoms with van der Waals surface area (Å²) >= 11 is 0. The number of ether oxygens (including phenoxy) is 2.